The van der Waals surface area contributed by atoms with E-state index >= 15 is 0 Å². The van der Waals surface area contributed by atoms with Crippen molar-refractivity contribution < 1.29 is 4.42 Å². The molecule has 0 fully saturated rings. The molecule has 0 radical (unpaired) electrons. The molecule has 3 heteroatoms. The third-order valence-corrected chi connectivity index (χ3v) is 3.69. The number of hydrogen-bond acceptors (Lipinski definition) is 3. The summed E-state index contributed by atoms with van der Waals surface area (Å²) in [6.45, 7) is 5.94. The molecule has 0 atom stereocenters. The van der Waals surface area contributed by atoms with Crippen LogP contribution in [-0.4, -0.2) is 0 Å². The molecule has 0 unspecified atom stereocenters. The minimum absolute atomic E-state index is 0.0568. The Hall–Kier alpha value is -2.86. The molecule has 0 bridgehead atoms. The molecule has 22 heavy (non-hydrogen) atoms. The van der Waals surface area contributed by atoms with E-state index in [1.165, 1.54) is 0 Å². The fourth-order valence-corrected chi connectivity index (χ4v) is 2.83. The van der Waals surface area contributed by atoms with Gasteiger partial charge in [-0.15, -0.1) is 0 Å². The van der Waals surface area contributed by atoms with Crippen molar-refractivity contribution in [3.8, 4) is 17.2 Å². The van der Waals surface area contributed by atoms with Crippen LogP contribution in [-0.2, 0) is 0 Å². The van der Waals surface area contributed by atoms with Crippen LogP contribution in [0.4, 0.5) is 0 Å². The largest absolute Gasteiger partial charge is 0.422 e. The molecule has 0 spiro atoms. The number of nitriles is 1. The molecule has 108 valence electrons. The second-order valence-electron chi connectivity index (χ2n) is 5.63. The maximum atomic E-state index is 12.2. The first-order chi connectivity index (χ1) is 10.5. The van der Waals surface area contributed by atoms with Crippen molar-refractivity contribution in [2.24, 2.45) is 0 Å². The van der Waals surface area contributed by atoms with E-state index in [-0.39, 0.29) is 5.56 Å². The van der Waals surface area contributed by atoms with Gasteiger partial charge in [-0.25, -0.2) is 4.79 Å². The SMILES string of the molecule is Cc1cc(C)cc(-c2c(C#N)c(=O)oc3cc(C)ccc23)c1. The Bertz CT molecular complexity index is 970. The van der Waals surface area contributed by atoms with Crippen molar-refractivity contribution in [1.82, 2.24) is 0 Å². The second-order valence-corrected chi connectivity index (χ2v) is 5.63. The lowest BCUT2D eigenvalue weighted by molar-refractivity contribution is 0.559. The highest BCUT2D eigenvalue weighted by atomic mass is 16.4. The molecule has 0 aliphatic rings. The van der Waals surface area contributed by atoms with Crippen molar-refractivity contribution in [2.45, 2.75) is 20.8 Å². The quantitative estimate of drug-likeness (QED) is 0.629. The highest BCUT2D eigenvalue weighted by Gasteiger charge is 2.16. The number of aryl methyl sites for hydroxylation is 3. The number of nitrogens with zero attached hydrogens (tertiary/aromatic N) is 1. The fourth-order valence-electron chi connectivity index (χ4n) is 2.83. The molecular formula is C19H15NO2. The molecular weight excluding hydrogens is 274 g/mol. The Morgan fingerprint density at radius 2 is 1.64 bits per heavy atom. The van der Waals surface area contributed by atoms with Crippen LogP contribution in [0.25, 0.3) is 22.1 Å². The van der Waals surface area contributed by atoms with E-state index in [9.17, 15) is 10.1 Å². The molecule has 0 N–H and O–H groups in total. The molecule has 1 aromatic heterocycles. The van der Waals surface area contributed by atoms with Gasteiger partial charge in [0.15, 0.2) is 0 Å². The van der Waals surface area contributed by atoms with Crippen molar-refractivity contribution in [1.29, 1.82) is 5.26 Å². The van der Waals surface area contributed by atoms with E-state index in [0.29, 0.717) is 11.1 Å². The lowest BCUT2D eigenvalue weighted by Crippen LogP contribution is -2.07. The first kappa shape index (κ1) is 14.1. The molecule has 0 saturated carbocycles. The summed E-state index contributed by atoms with van der Waals surface area (Å²) in [4.78, 5) is 12.2. The molecule has 0 aliphatic heterocycles. The first-order valence-corrected chi connectivity index (χ1v) is 7.06. The highest BCUT2D eigenvalue weighted by molar-refractivity contribution is 5.96. The molecule has 0 aliphatic carbocycles. The van der Waals surface area contributed by atoms with Crippen molar-refractivity contribution >= 4 is 11.0 Å². The smallest absolute Gasteiger partial charge is 0.354 e. The zero-order chi connectivity index (χ0) is 15.9. The molecule has 3 aromatic rings. The van der Waals surface area contributed by atoms with Gasteiger partial charge in [-0.3, -0.25) is 0 Å². The Balaban J connectivity index is 2.50. The number of rotatable bonds is 1. The molecule has 3 rings (SSSR count). The van der Waals surface area contributed by atoms with E-state index < -0.39 is 5.63 Å². The number of fused-ring (bicyclic) bond motifs is 1. The van der Waals surface area contributed by atoms with E-state index in [1.54, 1.807) is 0 Å². The Morgan fingerprint density at radius 3 is 2.27 bits per heavy atom. The van der Waals surface area contributed by atoms with Crippen molar-refractivity contribution in [3.05, 3.63) is 69.1 Å². The lowest BCUT2D eigenvalue weighted by atomic mass is 9.94. The normalized spacial score (nSPS) is 10.6. The minimum atomic E-state index is -0.588. The van der Waals surface area contributed by atoms with Gasteiger partial charge in [0.05, 0.1) is 0 Å². The van der Waals surface area contributed by atoms with Crippen molar-refractivity contribution in [2.75, 3.05) is 0 Å². The van der Waals surface area contributed by atoms with Crippen LogP contribution in [0.1, 0.15) is 22.3 Å². The van der Waals surface area contributed by atoms with Gasteiger partial charge in [0, 0.05) is 10.9 Å². The lowest BCUT2D eigenvalue weighted by Gasteiger charge is -2.10. The maximum Gasteiger partial charge on any atom is 0.354 e. The van der Waals surface area contributed by atoms with Gasteiger partial charge in [0.2, 0.25) is 0 Å². The standard InChI is InChI=1S/C19H15NO2/c1-11-4-5-15-17(9-11)22-19(21)16(10-20)18(15)14-7-12(2)6-13(3)8-14/h4-9H,1-3H3. The molecule has 3 nitrogen and oxygen atoms in total. The predicted octanol–water partition coefficient (Wildman–Crippen LogP) is 4.26. The molecule has 2 aromatic carbocycles. The summed E-state index contributed by atoms with van der Waals surface area (Å²) in [6.07, 6.45) is 0. The first-order valence-electron chi connectivity index (χ1n) is 7.06. The molecule has 0 amide bonds. The predicted molar refractivity (Wildman–Crippen MR) is 86.8 cm³/mol. The van der Waals surface area contributed by atoms with Crippen LogP contribution in [0.3, 0.4) is 0 Å². The number of benzene rings is 2. The third kappa shape index (κ3) is 2.29. The Morgan fingerprint density at radius 1 is 0.955 bits per heavy atom. The molecule has 0 saturated heterocycles. The Kier molecular flexibility index (Phi) is 3.30. The van der Waals surface area contributed by atoms with Crippen LogP contribution >= 0.6 is 0 Å². The van der Waals surface area contributed by atoms with Gasteiger partial charge < -0.3 is 4.42 Å². The Labute approximate surface area is 128 Å². The van der Waals surface area contributed by atoms with E-state index in [4.69, 9.17) is 4.42 Å². The number of hydrogen-bond donors (Lipinski definition) is 0. The summed E-state index contributed by atoms with van der Waals surface area (Å²) >= 11 is 0. The van der Waals surface area contributed by atoms with Crippen LogP contribution < -0.4 is 5.63 Å². The zero-order valence-electron chi connectivity index (χ0n) is 12.7. The second kappa shape index (κ2) is 5.16. The van der Waals surface area contributed by atoms with Crippen molar-refractivity contribution in [3.63, 3.8) is 0 Å². The van der Waals surface area contributed by atoms with Crippen LogP contribution in [0.2, 0.25) is 0 Å². The van der Waals surface area contributed by atoms with E-state index in [1.807, 2.05) is 57.2 Å². The monoisotopic (exact) mass is 289 g/mol. The summed E-state index contributed by atoms with van der Waals surface area (Å²) in [5, 5.41) is 10.2. The third-order valence-electron chi connectivity index (χ3n) is 3.69. The van der Waals surface area contributed by atoms with E-state index in [2.05, 4.69) is 6.07 Å². The fraction of sp³-hybridized carbons (Fsp3) is 0.158. The average Bonchev–Trinajstić information content (AvgIpc) is 2.44. The minimum Gasteiger partial charge on any atom is -0.422 e. The topological polar surface area (TPSA) is 54.0 Å². The summed E-state index contributed by atoms with van der Waals surface area (Å²) in [5.41, 5.74) is 4.69. The van der Waals surface area contributed by atoms with Crippen LogP contribution in [0.5, 0.6) is 0 Å². The van der Waals surface area contributed by atoms with Crippen LogP contribution in [0.15, 0.2) is 45.6 Å². The highest BCUT2D eigenvalue weighted by Crippen LogP contribution is 2.31. The van der Waals surface area contributed by atoms with Crippen LogP contribution in [0, 0.1) is 32.1 Å². The summed E-state index contributed by atoms with van der Waals surface area (Å²) in [7, 11) is 0. The van der Waals surface area contributed by atoms with Gasteiger partial charge >= 0.3 is 5.63 Å². The molecule has 1 heterocycles. The maximum absolute atomic E-state index is 12.2. The summed E-state index contributed by atoms with van der Waals surface area (Å²) in [5.74, 6) is 0. The zero-order valence-corrected chi connectivity index (χ0v) is 12.7. The van der Waals surface area contributed by atoms with Gasteiger partial charge in [-0.2, -0.15) is 5.26 Å². The van der Waals surface area contributed by atoms with Gasteiger partial charge in [-0.05, 0) is 38.0 Å². The summed E-state index contributed by atoms with van der Waals surface area (Å²) in [6, 6.07) is 13.7. The average molecular weight is 289 g/mol. The van der Waals surface area contributed by atoms with Gasteiger partial charge in [0.25, 0.3) is 0 Å². The van der Waals surface area contributed by atoms with Gasteiger partial charge in [0.1, 0.15) is 17.2 Å². The van der Waals surface area contributed by atoms with E-state index in [0.717, 1.165) is 27.6 Å². The van der Waals surface area contributed by atoms with Gasteiger partial charge in [-0.1, -0.05) is 41.5 Å². The summed E-state index contributed by atoms with van der Waals surface area (Å²) < 4.78 is 5.31.